The Kier molecular flexibility index (Phi) is 4.06. The number of hydrogen-bond acceptors (Lipinski definition) is 4. The molecule has 0 spiro atoms. The summed E-state index contributed by atoms with van der Waals surface area (Å²) in [5.74, 6) is -0.392. The van der Waals surface area contributed by atoms with Gasteiger partial charge in [0.05, 0.1) is 23.2 Å². The van der Waals surface area contributed by atoms with Crippen molar-refractivity contribution in [2.45, 2.75) is 13.8 Å². The molecule has 1 aromatic carbocycles. The molecule has 0 saturated carbocycles. The lowest BCUT2D eigenvalue weighted by molar-refractivity contribution is 0.103. The lowest BCUT2D eigenvalue weighted by atomic mass is 10.1. The van der Waals surface area contributed by atoms with Gasteiger partial charge in [0, 0.05) is 13.8 Å². The molecule has 7 heteroatoms. The fourth-order valence-corrected chi connectivity index (χ4v) is 2.74. The summed E-state index contributed by atoms with van der Waals surface area (Å²) >= 11 is 0. The highest BCUT2D eigenvalue weighted by Gasteiger charge is 2.15. The van der Waals surface area contributed by atoms with Gasteiger partial charge in [0.25, 0.3) is 0 Å². The molecular formula is C15H19N3O3S. The number of hydrogen-bond donors (Lipinski definition) is 2. The maximum Gasteiger partial charge on any atom is 0.229 e. The Morgan fingerprint density at radius 3 is 2.64 bits per heavy atom. The maximum absolute atomic E-state index is 12.1. The first kappa shape index (κ1) is 15.8. The zero-order valence-electron chi connectivity index (χ0n) is 12.4. The van der Waals surface area contributed by atoms with Crippen molar-refractivity contribution in [2.75, 3.05) is 11.0 Å². The van der Waals surface area contributed by atoms with Crippen molar-refractivity contribution in [3.63, 3.8) is 0 Å². The summed E-state index contributed by atoms with van der Waals surface area (Å²) in [4.78, 5) is 15.1. The van der Waals surface area contributed by atoms with Gasteiger partial charge in [0.15, 0.2) is 0 Å². The van der Waals surface area contributed by atoms with Crippen molar-refractivity contribution in [1.29, 1.82) is 5.26 Å². The number of ketones is 1. The zero-order chi connectivity index (χ0) is 16.5. The third-order valence-electron chi connectivity index (χ3n) is 3.16. The van der Waals surface area contributed by atoms with Crippen LogP contribution >= 0.6 is 0 Å². The van der Waals surface area contributed by atoms with E-state index in [1.165, 1.54) is 6.08 Å². The molecule has 2 rings (SSSR count). The van der Waals surface area contributed by atoms with Crippen LogP contribution in [0.5, 0.6) is 0 Å². The van der Waals surface area contributed by atoms with E-state index < -0.39 is 15.8 Å². The minimum absolute atomic E-state index is 0. The molecular weight excluding hydrogens is 302 g/mol. The number of nitrogens with zero attached hydrogens (tertiary/aromatic N) is 1. The number of Topliss-reactive ketones (excluding diaryl/α,β-unsaturated/α-hetero) is 1. The Morgan fingerprint density at radius 1 is 1.41 bits per heavy atom. The summed E-state index contributed by atoms with van der Waals surface area (Å²) in [6.07, 6.45) is 2.53. The van der Waals surface area contributed by atoms with E-state index in [-0.39, 0.29) is 8.43 Å². The molecule has 0 aliphatic carbocycles. The van der Waals surface area contributed by atoms with E-state index in [0.29, 0.717) is 16.9 Å². The second-order valence-electron chi connectivity index (χ2n) is 4.95. The van der Waals surface area contributed by atoms with Gasteiger partial charge in [-0.05, 0) is 37.6 Å². The molecule has 0 aliphatic rings. The molecule has 0 amide bonds. The van der Waals surface area contributed by atoms with E-state index in [1.54, 1.807) is 32.0 Å². The number of allylic oxidation sites excluding steroid dienone is 2. The molecule has 0 saturated heterocycles. The highest BCUT2D eigenvalue weighted by Crippen LogP contribution is 2.25. The molecule has 1 heterocycles. The number of sulfonamides is 1. The van der Waals surface area contributed by atoms with Crippen LogP contribution in [0.15, 0.2) is 29.8 Å². The number of nitrogens with one attached hydrogen (secondary N) is 2. The predicted molar refractivity (Wildman–Crippen MR) is 89.4 cm³/mol. The maximum atomic E-state index is 12.1. The Hall–Kier alpha value is -2.59. The quantitative estimate of drug-likeness (QED) is 0.513. The number of fused-ring (bicyclic) bond motifs is 1. The summed E-state index contributed by atoms with van der Waals surface area (Å²) in [5.41, 5.74) is 2.15. The van der Waals surface area contributed by atoms with Crippen LogP contribution in [0, 0.1) is 18.3 Å². The van der Waals surface area contributed by atoms with Crippen LogP contribution in [0.3, 0.4) is 0 Å². The number of benzene rings is 1. The van der Waals surface area contributed by atoms with Crippen LogP contribution in [-0.4, -0.2) is 25.4 Å². The smallest absolute Gasteiger partial charge is 0.229 e. The average molecular weight is 321 g/mol. The summed E-state index contributed by atoms with van der Waals surface area (Å²) < 4.78 is 25.1. The normalized spacial score (nSPS) is 12.2. The summed E-state index contributed by atoms with van der Waals surface area (Å²) in [7, 11) is -3.38. The van der Waals surface area contributed by atoms with Crippen LogP contribution < -0.4 is 4.72 Å². The highest BCUT2D eigenvalue weighted by atomic mass is 32.2. The van der Waals surface area contributed by atoms with E-state index in [4.69, 9.17) is 5.26 Å². The Labute approximate surface area is 131 Å². The number of H-pyrrole nitrogens is 1. The number of rotatable bonds is 4. The summed E-state index contributed by atoms with van der Waals surface area (Å²) in [6.45, 7) is 3.39. The molecule has 2 N–H and O–H groups in total. The Morgan fingerprint density at radius 2 is 2.09 bits per heavy atom. The number of anilines is 1. The molecule has 22 heavy (non-hydrogen) atoms. The molecule has 118 valence electrons. The first-order valence-corrected chi connectivity index (χ1v) is 8.36. The monoisotopic (exact) mass is 321 g/mol. The standard InChI is InChI=1S/C15H15N3O3S.2H2/c1-4-10(8-16)15(19)14-6-11-5-9(2)12(7-13(11)17-14)18-22(3,20)21;;/h4-7,17-18H,1-3H3;2*1H/b10-4+;;. The molecule has 2 aromatic rings. The second-order valence-corrected chi connectivity index (χ2v) is 6.70. The first-order chi connectivity index (χ1) is 10.2. The predicted octanol–water partition coefficient (Wildman–Crippen LogP) is 2.99. The molecule has 0 bridgehead atoms. The molecule has 0 aliphatic heterocycles. The minimum Gasteiger partial charge on any atom is -0.352 e. The number of carbonyl (C=O) groups is 1. The average Bonchev–Trinajstić information content (AvgIpc) is 2.81. The van der Waals surface area contributed by atoms with E-state index in [1.807, 2.05) is 6.07 Å². The van der Waals surface area contributed by atoms with Crippen molar-refractivity contribution < 1.29 is 16.1 Å². The SMILES string of the molecule is C/C=C(\C#N)C(=O)c1cc2cc(C)c(NS(C)(=O)=O)cc2[nH]1.[HH].[HH]. The first-order valence-electron chi connectivity index (χ1n) is 6.47. The van der Waals surface area contributed by atoms with Crippen LogP contribution in [-0.2, 0) is 10.0 Å². The lowest BCUT2D eigenvalue weighted by Crippen LogP contribution is -2.10. The number of nitriles is 1. The van der Waals surface area contributed by atoms with E-state index in [0.717, 1.165) is 17.2 Å². The van der Waals surface area contributed by atoms with Crippen molar-refractivity contribution in [1.82, 2.24) is 4.98 Å². The molecule has 1 aromatic heterocycles. The number of aromatic amines is 1. The van der Waals surface area contributed by atoms with Crippen LogP contribution in [0.4, 0.5) is 5.69 Å². The van der Waals surface area contributed by atoms with Gasteiger partial charge >= 0.3 is 0 Å². The van der Waals surface area contributed by atoms with Crippen LogP contribution in [0.25, 0.3) is 10.9 Å². The van der Waals surface area contributed by atoms with E-state index in [9.17, 15) is 13.2 Å². The molecule has 0 unspecified atom stereocenters. The van der Waals surface area contributed by atoms with Gasteiger partial charge in [-0.1, -0.05) is 6.08 Å². The Balaban J connectivity index is 0.00000264. The van der Waals surface area contributed by atoms with Crippen molar-refractivity contribution >= 4 is 32.4 Å². The van der Waals surface area contributed by atoms with Gasteiger partial charge in [-0.25, -0.2) is 8.42 Å². The number of aryl methyl sites for hydroxylation is 1. The fourth-order valence-electron chi connectivity index (χ4n) is 2.12. The summed E-state index contributed by atoms with van der Waals surface area (Å²) in [5, 5.41) is 9.69. The van der Waals surface area contributed by atoms with Gasteiger partial charge in [0.1, 0.15) is 6.07 Å². The third kappa shape index (κ3) is 3.18. The number of carbonyl (C=O) groups excluding carboxylic acids is 1. The highest BCUT2D eigenvalue weighted by molar-refractivity contribution is 7.92. The number of aromatic nitrogens is 1. The van der Waals surface area contributed by atoms with Gasteiger partial charge in [-0.15, -0.1) is 0 Å². The minimum atomic E-state index is -3.38. The van der Waals surface area contributed by atoms with E-state index >= 15 is 0 Å². The van der Waals surface area contributed by atoms with E-state index in [2.05, 4.69) is 9.71 Å². The van der Waals surface area contributed by atoms with Gasteiger partial charge in [0.2, 0.25) is 15.8 Å². The fraction of sp³-hybridized carbons (Fsp3) is 0.200. The molecule has 0 atom stereocenters. The van der Waals surface area contributed by atoms with Gasteiger partial charge in [-0.3, -0.25) is 9.52 Å². The topological polar surface area (TPSA) is 103 Å². The van der Waals surface area contributed by atoms with Gasteiger partial charge in [-0.2, -0.15) is 5.26 Å². The zero-order valence-corrected chi connectivity index (χ0v) is 13.2. The third-order valence-corrected chi connectivity index (χ3v) is 3.75. The largest absolute Gasteiger partial charge is 0.352 e. The second kappa shape index (κ2) is 5.66. The molecule has 0 fully saturated rings. The van der Waals surface area contributed by atoms with Crippen LogP contribution in [0.2, 0.25) is 0 Å². The molecule has 0 radical (unpaired) electrons. The van der Waals surface area contributed by atoms with Crippen LogP contribution in [0.1, 0.15) is 25.8 Å². The molecule has 6 nitrogen and oxygen atoms in total. The van der Waals surface area contributed by atoms with Gasteiger partial charge < -0.3 is 4.98 Å². The van der Waals surface area contributed by atoms with Crippen molar-refractivity contribution in [3.8, 4) is 6.07 Å². The van der Waals surface area contributed by atoms with Crippen molar-refractivity contribution in [2.24, 2.45) is 0 Å². The lowest BCUT2D eigenvalue weighted by Gasteiger charge is -2.07. The van der Waals surface area contributed by atoms with Crippen molar-refractivity contribution in [3.05, 3.63) is 41.1 Å². The Bertz CT molecular complexity index is 941. The summed E-state index contributed by atoms with van der Waals surface area (Å²) in [6, 6.07) is 6.90.